The van der Waals surface area contributed by atoms with Crippen LogP contribution in [0.25, 0.3) is 0 Å². The molecular weight excluding hydrogens is 277 g/mol. The number of hydrogen-bond acceptors (Lipinski definition) is 4. The third-order valence-corrected chi connectivity index (χ3v) is 4.41. The Hall–Kier alpha value is -1.82. The van der Waals surface area contributed by atoms with E-state index in [0.29, 0.717) is 17.1 Å². The quantitative estimate of drug-likeness (QED) is 0.942. The van der Waals surface area contributed by atoms with Gasteiger partial charge in [0.2, 0.25) is 11.0 Å². The van der Waals surface area contributed by atoms with Crippen LogP contribution in [0.1, 0.15) is 29.8 Å². The van der Waals surface area contributed by atoms with Crippen LogP contribution in [0.4, 0.5) is 9.52 Å². The molecule has 0 spiro atoms. The highest BCUT2D eigenvalue weighted by Crippen LogP contribution is 2.48. The third kappa shape index (κ3) is 2.56. The van der Waals surface area contributed by atoms with Gasteiger partial charge in [-0.3, -0.25) is 4.79 Å². The molecule has 1 aliphatic carbocycles. The van der Waals surface area contributed by atoms with E-state index in [0.717, 1.165) is 11.4 Å². The van der Waals surface area contributed by atoms with Crippen molar-refractivity contribution in [1.29, 1.82) is 0 Å². The van der Waals surface area contributed by atoms with Gasteiger partial charge in [0.05, 0.1) is 0 Å². The van der Waals surface area contributed by atoms with E-state index in [2.05, 4.69) is 15.5 Å². The normalized spacial score (nSPS) is 20.7. The Morgan fingerprint density at radius 3 is 2.95 bits per heavy atom. The SMILES string of the molecule is CCc1nnc(NC(=O)C2CC2c2ccccc2F)s1. The Bertz CT molecular complexity index is 643. The zero-order valence-electron chi connectivity index (χ0n) is 11.0. The molecule has 2 aromatic rings. The van der Waals surface area contributed by atoms with Crippen molar-refractivity contribution in [2.24, 2.45) is 5.92 Å². The summed E-state index contributed by atoms with van der Waals surface area (Å²) in [5, 5.41) is 12.0. The van der Waals surface area contributed by atoms with E-state index in [9.17, 15) is 9.18 Å². The van der Waals surface area contributed by atoms with E-state index in [1.165, 1.54) is 17.4 Å². The predicted octanol–water partition coefficient (Wildman–Crippen LogP) is 2.98. The molecule has 1 heterocycles. The number of nitrogens with zero attached hydrogens (tertiary/aromatic N) is 2. The number of hydrogen-bond donors (Lipinski definition) is 1. The Morgan fingerprint density at radius 2 is 2.25 bits per heavy atom. The molecule has 4 nitrogen and oxygen atoms in total. The number of halogens is 1. The Balaban J connectivity index is 1.64. The third-order valence-electron chi connectivity index (χ3n) is 3.43. The highest BCUT2D eigenvalue weighted by atomic mass is 32.1. The maximum Gasteiger partial charge on any atom is 0.229 e. The van der Waals surface area contributed by atoms with Crippen LogP contribution in [0, 0.1) is 11.7 Å². The minimum atomic E-state index is -0.239. The lowest BCUT2D eigenvalue weighted by Crippen LogP contribution is -2.14. The zero-order chi connectivity index (χ0) is 14.1. The summed E-state index contributed by atoms with van der Waals surface area (Å²) >= 11 is 1.38. The number of rotatable bonds is 4. The molecule has 2 unspecified atom stereocenters. The molecule has 1 aliphatic rings. The van der Waals surface area contributed by atoms with Gasteiger partial charge in [-0.25, -0.2) is 4.39 Å². The molecule has 1 saturated carbocycles. The zero-order valence-corrected chi connectivity index (χ0v) is 11.8. The van der Waals surface area contributed by atoms with E-state index in [-0.39, 0.29) is 23.6 Å². The number of carbonyl (C=O) groups excluding carboxylic acids is 1. The van der Waals surface area contributed by atoms with Gasteiger partial charge < -0.3 is 5.32 Å². The lowest BCUT2D eigenvalue weighted by Gasteiger charge is -2.02. The second kappa shape index (κ2) is 5.28. The molecule has 20 heavy (non-hydrogen) atoms. The van der Waals surface area contributed by atoms with Crippen molar-refractivity contribution in [2.45, 2.75) is 25.7 Å². The first kappa shape index (κ1) is 13.2. The summed E-state index contributed by atoms with van der Waals surface area (Å²) in [6.07, 6.45) is 1.49. The number of carbonyl (C=O) groups is 1. The molecule has 1 aromatic carbocycles. The monoisotopic (exact) mass is 291 g/mol. The molecule has 0 aliphatic heterocycles. The summed E-state index contributed by atoms with van der Waals surface area (Å²) in [6, 6.07) is 6.63. The van der Waals surface area contributed by atoms with E-state index < -0.39 is 0 Å². The van der Waals surface area contributed by atoms with Gasteiger partial charge in [-0.05, 0) is 30.4 Å². The molecule has 1 aromatic heterocycles. The van der Waals surface area contributed by atoms with Gasteiger partial charge in [-0.1, -0.05) is 36.5 Å². The van der Waals surface area contributed by atoms with Gasteiger partial charge in [-0.15, -0.1) is 10.2 Å². The second-order valence-electron chi connectivity index (χ2n) is 4.81. The fraction of sp³-hybridized carbons (Fsp3) is 0.357. The van der Waals surface area contributed by atoms with Crippen LogP contribution in [0.2, 0.25) is 0 Å². The molecule has 1 amide bonds. The van der Waals surface area contributed by atoms with Crippen LogP contribution in [0.15, 0.2) is 24.3 Å². The largest absolute Gasteiger partial charge is 0.300 e. The van der Waals surface area contributed by atoms with Crippen molar-refractivity contribution < 1.29 is 9.18 Å². The van der Waals surface area contributed by atoms with E-state index in [1.54, 1.807) is 18.2 Å². The molecule has 1 N–H and O–H groups in total. The minimum absolute atomic E-state index is 0.0187. The Morgan fingerprint density at radius 1 is 1.45 bits per heavy atom. The second-order valence-corrected chi connectivity index (χ2v) is 5.88. The molecule has 0 saturated heterocycles. The first-order valence-electron chi connectivity index (χ1n) is 6.56. The fourth-order valence-corrected chi connectivity index (χ4v) is 2.93. The summed E-state index contributed by atoms with van der Waals surface area (Å²) < 4.78 is 13.6. The molecular formula is C14H14FN3OS. The van der Waals surface area contributed by atoms with Crippen LogP contribution in [-0.2, 0) is 11.2 Å². The van der Waals surface area contributed by atoms with E-state index in [4.69, 9.17) is 0 Å². The van der Waals surface area contributed by atoms with Gasteiger partial charge >= 0.3 is 0 Å². The van der Waals surface area contributed by atoms with Crippen molar-refractivity contribution in [3.05, 3.63) is 40.7 Å². The summed E-state index contributed by atoms with van der Waals surface area (Å²) in [4.78, 5) is 12.1. The van der Waals surface area contributed by atoms with Gasteiger partial charge in [0.15, 0.2) is 0 Å². The molecule has 6 heteroatoms. The van der Waals surface area contributed by atoms with Crippen LogP contribution in [0.5, 0.6) is 0 Å². The van der Waals surface area contributed by atoms with Crippen LogP contribution in [0.3, 0.4) is 0 Å². The van der Waals surface area contributed by atoms with Gasteiger partial charge in [0.25, 0.3) is 0 Å². The molecule has 2 atom stereocenters. The van der Waals surface area contributed by atoms with Crippen molar-refractivity contribution in [3.63, 3.8) is 0 Å². The number of benzene rings is 1. The van der Waals surface area contributed by atoms with Gasteiger partial charge in [-0.2, -0.15) is 0 Å². The highest BCUT2D eigenvalue weighted by Gasteiger charge is 2.45. The Labute approximate surface area is 120 Å². The molecule has 0 radical (unpaired) electrons. The summed E-state index contributed by atoms with van der Waals surface area (Å²) in [6.45, 7) is 1.99. The van der Waals surface area contributed by atoms with Crippen molar-refractivity contribution in [3.8, 4) is 0 Å². The van der Waals surface area contributed by atoms with Crippen molar-refractivity contribution in [1.82, 2.24) is 10.2 Å². The number of nitrogens with one attached hydrogen (secondary N) is 1. The molecule has 3 rings (SSSR count). The standard InChI is InChI=1S/C14H14FN3OS/c1-2-12-17-18-14(20-12)16-13(19)10-7-9(10)8-5-3-4-6-11(8)15/h3-6,9-10H,2,7H2,1H3,(H,16,18,19). The maximum absolute atomic E-state index is 13.6. The lowest BCUT2D eigenvalue weighted by atomic mass is 10.1. The average molecular weight is 291 g/mol. The molecule has 104 valence electrons. The van der Waals surface area contributed by atoms with Gasteiger partial charge in [0.1, 0.15) is 10.8 Å². The predicted molar refractivity (Wildman–Crippen MR) is 75.2 cm³/mol. The maximum atomic E-state index is 13.6. The molecule has 0 bridgehead atoms. The number of anilines is 1. The smallest absolute Gasteiger partial charge is 0.229 e. The number of aromatic nitrogens is 2. The van der Waals surface area contributed by atoms with Crippen LogP contribution in [-0.4, -0.2) is 16.1 Å². The summed E-state index contributed by atoms with van der Waals surface area (Å²) in [5.74, 6) is -0.523. The fourth-order valence-electron chi connectivity index (χ4n) is 2.25. The van der Waals surface area contributed by atoms with Crippen LogP contribution < -0.4 is 5.32 Å². The van der Waals surface area contributed by atoms with Crippen LogP contribution >= 0.6 is 11.3 Å². The highest BCUT2D eigenvalue weighted by molar-refractivity contribution is 7.15. The average Bonchev–Trinajstić information content (AvgIpc) is 3.12. The summed E-state index contributed by atoms with van der Waals surface area (Å²) in [7, 11) is 0. The van der Waals surface area contributed by atoms with E-state index in [1.807, 2.05) is 6.92 Å². The molecule has 1 fully saturated rings. The lowest BCUT2D eigenvalue weighted by molar-refractivity contribution is -0.117. The van der Waals surface area contributed by atoms with Gasteiger partial charge in [0, 0.05) is 5.92 Å². The Kier molecular flexibility index (Phi) is 3.48. The number of amides is 1. The van der Waals surface area contributed by atoms with Crippen molar-refractivity contribution in [2.75, 3.05) is 5.32 Å². The van der Waals surface area contributed by atoms with Crippen molar-refractivity contribution >= 4 is 22.4 Å². The topological polar surface area (TPSA) is 54.9 Å². The first-order chi connectivity index (χ1) is 9.69. The first-order valence-corrected chi connectivity index (χ1v) is 7.38. The van der Waals surface area contributed by atoms with E-state index >= 15 is 0 Å². The minimum Gasteiger partial charge on any atom is -0.300 e. The summed E-state index contributed by atoms with van der Waals surface area (Å²) in [5.41, 5.74) is 0.624. The number of aryl methyl sites for hydroxylation is 1.